The molecule has 0 heterocycles. The van der Waals surface area contributed by atoms with Gasteiger partial charge in [0.1, 0.15) is 5.41 Å². The number of nitrogens with one attached hydrogen (secondary N) is 1. The van der Waals surface area contributed by atoms with Gasteiger partial charge in [-0.05, 0) is 25.5 Å². The fourth-order valence-electron chi connectivity index (χ4n) is 2.81. The van der Waals surface area contributed by atoms with E-state index in [9.17, 15) is 4.79 Å². The minimum atomic E-state index is -0.822. The van der Waals surface area contributed by atoms with Crippen molar-refractivity contribution < 1.29 is 10.0 Å². The number of amidine groups is 1. The number of nitrogens with two attached hydrogens (primary N) is 1. The summed E-state index contributed by atoms with van der Waals surface area (Å²) in [6.07, 6.45) is 8.37. The zero-order valence-electron chi connectivity index (χ0n) is 12.5. The maximum atomic E-state index is 12.7. The van der Waals surface area contributed by atoms with E-state index in [2.05, 4.69) is 17.4 Å². The maximum absolute atomic E-state index is 12.7. The Morgan fingerprint density at radius 2 is 2.00 bits per heavy atom. The molecular formula is C14H27N3O2S. The molecule has 0 aliphatic heterocycles. The average Bonchev–Trinajstić information content (AvgIpc) is 2.72. The molecule has 1 amide bonds. The van der Waals surface area contributed by atoms with E-state index in [4.69, 9.17) is 10.9 Å². The third-order valence-corrected chi connectivity index (χ3v) is 4.92. The van der Waals surface area contributed by atoms with Crippen LogP contribution in [0, 0.1) is 5.41 Å². The summed E-state index contributed by atoms with van der Waals surface area (Å²) in [7, 11) is 0. The smallest absolute Gasteiger partial charge is 0.234 e. The van der Waals surface area contributed by atoms with Gasteiger partial charge in [0, 0.05) is 11.8 Å². The summed E-state index contributed by atoms with van der Waals surface area (Å²) in [4.78, 5) is 12.7. The highest BCUT2D eigenvalue weighted by Gasteiger charge is 2.43. The molecule has 0 aromatic carbocycles. The Morgan fingerprint density at radius 1 is 1.40 bits per heavy atom. The number of carbonyl (C=O) groups excluding carboxylic acids is 1. The molecule has 0 aromatic rings. The highest BCUT2D eigenvalue weighted by Crippen LogP contribution is 2.36. The first-order valence-electron chi connectivity index (χ1n) is 7.38. The Morgan fingerprint density at radius 3 is 2.45 bits per heavy atom. The highest BCUT2D eigenvalue weighted by molar-refractivity contribution is 7.98. The van der Waals surface area contributed by atoms with Gasteiger partial charge in [-0.2, -0.15) is 11.8 Å². The van der Waals surface area contributed by atoms with Crippen molar-refractivity contribution >= 4 is 23.5 Å². The fourth-order valence-corrected chi connectivity index (χ4v) is 3.54. The Hall–Kier alpha value is -0.910. The molecule has 0 aromatic heterocycles. The predicted octanol–water partition coefficient (Wildman–Crippen LogP) is 2.33. The molecule has 1 saturated carbocycles. The number of oxime groups is 1. The number of hydrogen-bond acceptors (Lipinski definition) is 4. The van der Waals surface area contributed by atoms with Gasteiger partial charge in [0.15, 0.2) is 5.84 Å². The Labute approximate surface area is 125 Å². The van der Waals surface area contributed by atoms with Gasteiger partial charge >= 0.3 is 0 Å². The van der Waals surface area contributed by atoms with Gasteiger partial charge in [0.2, 0.25) is 5.91 Å². The van der Waals surface area contributed by atoms with E-state index in [1.807, 2.05) is 6.26 Å². The van der Waals surface area contributed by atoms with Crippen LogP contribution in [0.1, 0.15) is 51.9 Å². The molecular weight excluding hydrogens is 274 g/mol. The van der Waals surface area contributed by atoms with Crippen LogP contribution in [0.3, 0.4) is 0 Å². The lowest BCUT2D eigenvalue weighted by Crippen LogP contribution is -2.52. The van der Waals surface area contributed by atoms with Crippen LogP contribution < -0.4 is 11.1 Å². The molecule has 0 saturated heterocycles. The van der Waals surface area contributed by atoms with Crippen LogP contribution >= 0.6 is 11.8 Å². The van der Waals surface area contributed by atoms with Gasteiger partial charge in [-0.15, -0.1) is 0 Å². The van der Waals surface area contributed by atoms with Crippen molar-refractivity contribution in [3.8, 4) is 0 Å². The summed E-state index contributed by atoms with van der Waals surface area (Å²) < 4.78 is 0. The molecule has 20 heavy (non-hydrogen) atoms. The Balaban J connectivity index is 2.89. The first kappa shape index (κ1) is 17.1. The van der Waals surface area contributed by atoms with Crippen LogP contribution in [-0.4, -0.2) is 35.0 Å². The van der Waals surface area contributed by atoms with Crippen LogP contribution in [0.4, 0.5) is 0 Å². The van der Waals surface area contributed by atoms with Crippen LogP contribution in [0.15, 0.2) is 5.16 Å². The van der Waals surface area contributed by atoms with E-state index in [0.29, 0.717) is 12.8 Å². The molecule has 5 nitrogen and oxygen atoms in total. The van der Waals surface area contributed by atoms with Gasteiger partial charge in [-0.25, -0.2) is 0 Å². The minimum Gasteiger partial charge on any atom is -0.409 e. The number of thioether (sulfide) groups is 1. The van der Waals surface area contributed by atoms with E-state index in [1.165, 1.54) is 0 Å². The molecule has 0 bridgehead atoms. The molecule has 1 rings (SSSR count). The molecule has 1 fully saturated rings. The summed E-state index contributed by atoms with van der Waals surface area (Å²) in [6, 6.07) is 0.143. The first-order valence-corrected chi connectivity index (χ1v) is 8.78. The van der Waals surface area contributed by atoms with Crippen LogP contribution in [0.5, 0.6) is 0 Å². The Kier molecular flexibility index (Phi) is 7.19. The van der Waals surface area contributed by atoms with E-state index < -0.39 is 5.41 Å². The number of nitrogens with zero attached hydrogens (tertiary/aromatic N) is 1. The monoisotopic (exact) mass is 301 g/mol. The van der Waals surface area contributed by atoms with E-state index in [-0.39, 0.29) is 17.8 Å². The van der Waals surface area contributed by atoms with Gasteiger partial charge in [0.05, 0.1) is 0 Å². The molecule has 1 aliphatic carbocycles. The van der Waals surface area contributed by atoms with Crippen LogP contribution in [0.2, 0.25) is 0 Å². The van der Waals surface area contributed by atoms with Crippen LogP contribution in [-0.2, 0) is 4.79 Å². The van der Waals surface area contributed by atoms with Crippen molar-refractivity contribution in [2.75, 3.05) is 12.0 Å². The topological polar surface area (TPSA) is 87.7 Å². The zero-order valence-corrected chi connectivity index (χ0v) is 13.3. The lowest BCUT2D eigenvalue weighted by Gasteiger charge is -2.31. The molecule has 0 radical (unpaired) electrons. The Bertz CT molecular complexity index is 339. The van der Waals surface area contributed by atoms with Crippen molar-refractivity contribution in [1.29, 1.82) is 0 Å². The standard InChI is InChI=1S/C14H27N3O2S/c1-3-11(10-20-2)16-13(18)14(12(15)17-19)8-6-4-5-7-9-14/h11,19H,3-10H2,1-2H3,(H2,15,17)(H,16,18). The van der Waals surface area contributed by atoms with Crippen LogP contribution in [0.25, 0.3) is 0 Å². The van der Waals surface area contributed by atoms with Gasteiger partial charge in [0.25, 0.3) is 0 Å². The summed E-state index contributed by atoms with van der Waals surface area (Å²) in [6.45, 7) is 2.06. The predicted molar refractivity (Wildman–Crippen MR) is 84.1 cm³/mol. The summed E-state index contributed by atoms with van der Waals surface area (Å²) in [5.74, 6) is 0.876. The largest absolute Gasteiger partial charge is 0.409 e. The van der Waals surface area contributed by atoms with Crippen molar-refractivity contribution in [3.63, 3.8) is 0 Å². The van der Waals surface area contributed by atoms with Gasteiger partial charge < -0.3 is 16.3 Å². The second-order valence-electron chi connectivity index (χ2n) is 5.52. The fraction of sp³-hybridized carbons (Fsp3) is 0.857. The molecule has 1 aliphatic rings. The van der Waals surface area contributed by atoms with Gasteiger partial charge in [-0.3, -0.25) is 4.79 Å². The van der Waals surface area contributed by atoms with E-state index in [0.717, 1.165) is 37.9 Å². The lowest BCUT2D eigenvalue weighted by atomic mass is 9.78. The van der Waals surface area contributed by atoms with E-state index in [1.54, 1.807) is 11.8 Å². The molecule has 116 valence electrons. The second kappa shape index (κ2) is 8.39. The minimum absolute atomic E-state index is 0.0657. The third kappa shape index (κ3) is 4.04. The maximum Gasteiger partial charge on any atom is 0.234 e. The molecule has 1 unspecified atom stereocenters. The highest BCUT2D eigenvalue weighted by atomic mass is 32.2. The zero-order chi connectivity index (χ0) is 15.0. The second-order valence-corrected chi connectivity index (χ2v) is 6.43. The molecule has 6 heteroatoms. The number of hydrogen-bond donors (Lipinski definition) is 3. The third-order valence-electron chi connectivity index (χ3n) is 4.19. The number of amides is 1. The van der Waals surface area contributed by atoms with Gasteiger partial charge in [-0.1, -0.05) is 37.8 Å². The number of carbonyl (C=O) groups is 1. The average molecular weight is 301 g/mol. The molecule has 4 N–H and O–H groups in total. The van der Waals surface area contributed by atoms with Crippen molar-refractivity contribution in [1.82, 2.24) is 5.32 Å². The van der Waals surface area contributed by atoms with Crippen molar-refractivity contribution in [3.05, 3.63) is 0 Å². The summed E-state index contributed by atoms with van der Waals surface area (Å²) in [5.41, 5.74) is 5.06. The summed E-state index contributed by atoms with van der Waals surface area (Å²) in [5, 5.41) is 15.3. The first-order chi connectivity index (χ1) is 9.60. The number of rotatable bonds is 6. The SMILES string of the molecule is CCC(CSC)NC(=O)C1(C(N)=NO)CCCCCC1. The summed E-state index contributed by atoms with van der Waals surface area (Å²) >= 11 is 1.71. The lowest BCUT2D eigenvalue weighted by molar-refractivity contribution is -0.128. The van der Waals surface area contributed by atoms with Crippen molar-refractivity contribution in [2.24, 2.45) is 16.3 Å². The normalized spacial score (nSPS) is 21.0. The molecule has 0 spiro atoms. The molecule has 1 atom stereocenters. The van der Waals surface area contributed by atoms with E-state index >= 15 is 0 Å². The van der Waals surface area contributed by atoms with Crippen molar-refractivity contribution in [2.45, 2.75) is 57.9 Å². The quantitative estimate of drug-likeness (QED) is 0.231.